The highest BCUT2D eigenvalue weighted by molar-refractivity contribution is 5.25. The monoisotopic (exact) mass is 205 g/mol. The van der Waals surface area contributed by atoms with Crippen molar-refractivity contribution in [3.8, 4) is 0 Å². The molecule has 0 aliphatic carbocycles. The Hall–Kier alpha value is -1.07. The highest BCUT2D eigenvalue weighted by Gasteiger charge is 2.10. The van der Waals surface area contributed by atoms with Crippen LogP contribution < -0.4 is 5.48 Å². The van der Waals surface area contributed by atoms with Gasteiger partial charge < -0.3 is 4.84 Å². The second-order valence-corrected chi connectivity index (χ2v) is 2.71. The van der Waals surface area contributed by atoms with E-state index in [0.29, 0.717) is 0 Å². The normalized spacial score (nSPS) is 10.6. The highest BCUT2D eigenvalue weighted by Crippen LogP contribution is 2.15. The quantitative estimate of drug-likeness (QED) is 0.760. The standard InChI is InChI=1S/C9H10F3NO/c1-14-13-5-7-2-6(4-10)3-8(11)9(7)12/h2-3,13H,4-5H2,1H3. The first-order valence-electron chi connectivity index (χ1n) is 3.97. The molecule has 0 heterocycles. The molecule has 2 nitrogen and oxygen atoms in total. The van der Waals surface area contributed by atoms with E-state index in [1.54, 1.807) is 0 Å². The summed E-state index contributed by atoms with van der Waals surface area (Å²) < 4.78 is 38.1. The van der Waals surface area contributed by atoms with Gasteiger partial charge in [0.05, 0.1) is 7.11 Å². The lowest BCUT2D eigenvalue weighted by molar-refractivity contribution is 0.0857. The van der Waals surface area contributed by atoms with Crippen LogP contribution in [-0.4, -0.2) is 7.11 Å². The van der Waals surface area contributed by atoms with Crippen LogP contribution in [0.1, 0.15) is 11.1 Å². The van der Waals surface area contributed by atoms with E-state index in [1.165, 1.54) is 13.2 Å². The Morgan fingerprint density at radius 2 is 2.07 bits per heavy atom. The molecule has 0 atom stereocenters. The summed E-state index contributed by atoms with van der Waals surface area (Å²) in [5, 5.41) is 0. The summed E-state index contributed by atoms with van der Waals surface area (Å²) in [5.41, 5.74) is 2.50. The summed E-state index contributed by atoms with van der Waals surface area (Å²) >= 11 is 0. The van der Waals surface area contributed by atoms with Gasteiger partial charge in [-0.2, -0.15) is 5.48 Å². The first-order valence-corrected chi connectivity index (χ1v) is 3.97. The highest BCUT2D eigenvalue weighted by atomic mass is 19.2. The van der Waals surface area contributed by atoms with Gasteiger partial charge in [-0.3, -0.25) is 0 Å². The minimum absolute atomic E-state index is 0.00685. The molecule has 5 heteroatoms. The van der Waals surface area contributed by atoms with Gasteiger partial charge in [-0.1, -0.05) is 0 Å². The average molecular weight is 205 g/mol. The molecule has 1 aromatic rings. The fraction of sp³-hybridized carbons (Fsp3) is 0.333. The van der Waals surface area contributed by atoms with Crippen LogP contribution in [0.3, 0.4) is 0 Å². The third-order valence-corrected chi connectivity index (χ3v) is 1.72. The van der Waals surface area contributed by atoms with E-state index in [1.807, 2.05) is 0 Å². The smallest absolute Gasteiger partial charge is 0.163 e. The second kappa shape index (κ2) is 4.97. The molecule has 0 fully saturated rings. The summed E-state index contributed by atoms with van der Waals surface area (Å²) in [6.45, 7) is -0.829. The minimum atomic E-state index is -1.05. The van der Waals surface area contributed by atoms with Crippen LogP contribution >= 0.6 is 0 Å². The van der Waals surface area contributed by atoms with Crippen LogP contribution in [0.25, 0.3) is 0 Å². The number of rotatable bonds is 4. The van der Waals surface area contributed by atoms with Crippen LogP contribution in [0.5, 0.6) is 0 Å². The first kappa shape index (κ1) is 11.0. The summed E-state index contributed by atoms with van der Waals surface area (Å²) in [6.07, 6.45) is 0. The maximum atomic E-state index is 13.0. The van der Waals surface area contributed by atoms with E-state index >= 15 is 0 Å². The molecule has 14 heavy (non-hydrogen) atoms. The van der Waals surface area contributed by atoms with Crippen LogP contribution in [0, 0.1) is 11.6 Å². The Morgan fingerprint density at radius 3 is 2.64 bits per heavy atom. The Labute approximate surface area is 79.6 Å². The summed E-state index contributed by atoms with van der Waals surface area (Å²) in [6, 6.07) is 2.09. The fourth-order valence-electron chi connectivity index (χ4n) is 1.06. The van der Waals surface area contributed by atoms with Gasteiger partial charge in [0.2, 0.25) is 0 Å². The van der Waals surface area contributed by atoms with Crippen molar-refractivity contribution in [3.63, 3.8) is 0 Å². The van der Waals surface area contributed by atoms with Crippen LogP contribution in [-0.2, 0) is 18.1 Å². The van der Waals surface area contributed by atoms with Crippen molar-refractivity contribution in [1.29, 1.82) is 0 Å². The molecule has 1 rings (SSSR count). The molecule has 0 radical (unpaired) electrons. The first-order chi connectivity index (χ1) is 6.69. The number of hydrogen-bond acceptors (Lipinski definition) is 2. The van der Waals surface area contributed by atoms with Gasteiger partial charge in [-0.15, -0.1) is 0 Å². The van der Waals surface area contributed by atoms with Crippen molar-refractivity contribution in [2.24, 2.45) is 0 Å². The van der Waals surface area contributed by atoms with Gasteiger partial charge in [0, 0.05) is 12.1 Å². The van der Waals surface area contributed by atoms with E-state index in [9.17, 15) is 13.2 Å². The van der Waals surface area contributed by atoms with Crippen molar-refractivity contribution in [1.82, 2.24) is 5.48 Å². The topological polar surface area (TPSA) is 21.3 Å². The Kier molecular flexibility index (Phi) is 3.91. The lowest BCUT2D eigenvalue weighted by Gasteiger charge is -2.06. The molecule has 1 aromatic carbocycles. The molecule has 0 amide bonds. The molecule has 0 saturated heterocycles. The number of benzene rings is 1. The SMILES string of the molecule is CONCc1cc(CF)cc(F)c1F. The molecular weight excluding hydrogens is 195 g/mol. The summed E-state index contributed by atoms with van der Waals surface area (Å²) in [5.74, 6) is -2.03. The molecule has 1 N–H and O–H groups in total. The molecular formula is C9H10F3NO. The molecule has 0 bridgehead atoms. The van der Waals surface area contributed by atoms with Crippen molar-refractivity contribution in [2.45, 2.75) is 13.2 Å². The Balaban J connectivity index is 2.95. The van der Waals surface area contributed by atoms with E-state index < -0.39 is 18.3 Å². The summed E-state index contributed by atoms with van der Waals surface area (Å²) in [4.78, 5) is 4.48. The van der Waals surface area contributed by atoms with Crippen LogP contribution in [0.2, 0.25) is 0 Å². The predicted molar refractivity (Wildman–Crippen MR) is 45.0 cm³/mol. The van der Waals surface area contributed by atoms with Gasteiger partial charge in [0.25, 0.3) is 0 Å². The van der Waals surface area contributed by atoms with Crippen molar-refractivity contribution in [3.05, 3.63) is 34.9 Å². The van der Waals surface area contributed by atoms with E-state index in [2.05, 4.69) is 10.3 Å². The number of hydrogen-bond donors (Lipinski definition) is 1. The number of nitrogens with one attached hydrogen (secondary N) is 1. The Morgan fingerprint density at radius 1 is 1.36 bits per heavy atom. The number of halogens is 3. The minimum Gasteiger partial charge on any atom is -0.305 e. The third-order valence-electron chi connectivity index (χ3n) is 1.72. The van der Waals surface area contributed by atoms with Gasteiger partial charge in [-0.05, 0) is 17.7 Å². The van der Waals surface area contributed by atoms with Crippen LogP contribution in [0.4, 0.5) is 13.2 Å². The Bertz CT molecular complexity index is 317. The van der Waals surface area contributed by atoms with Crippen molar-refractivity contribution >= 4 is 0 Å². The number of hydroxylamine groups is 1. The maximum absolute atomic E-state index is 13.0. The zero-order valence-electron chi connectivity index (χ0n) is 7.61. The third kappa shape index (κ3) is 2.46. The lowest BCUT2D eigenvalue weighted by atomic mass is 10.1. The van der Waals surface area contributed by atoms with E-state index in [-0.39, 0.29) is 17.7 Å². The zero-order chi connectivity index (χ0) is 10.6. The molecule has 0 spiro atoms. The van der Waals surface area contributed by atoms with E-state index in [0.717, 1.165) is 6.07 Å². The maximum Gasteiger partial charge on any atom is 0.163 e. The predicted octanol–water partition coefficient (Wildman–Crippen LogP) is 2.09. The van der Waals surface area contributed by atoms with E-state index in [4.69, 9.17) is 0 Å². The number of alkyl halides is 1. The van der Waals surface area contributed by atoms with Gasteiger partial charge in [0.15, 0.2) is 11.6 Å². The van der Waals surface area contributed by atoms with Gasteiger partial charge in [0.1, 0.15) is 6.67 Å². The van der Waals surface area contributed by atoms with Gasteiger partial charge in [-0.25, -0.2) is 13.2 Å². The van der Waals surface area contributed by atoms with Gasteiger partial charge >= 0.3 is 0 Å². The molecule has 0 aromatic heterocycles. The fourth-order valence-corrected chi connectivity index (χ4v) is 1.06. The van der Waals surface area contributed by atoms with Crippen LogP contribution in [0.15, 0.2) is 12.1 Å². The lowest BCUT2D eigenvalue weighted by Crippen LogP contribution is -2.13. The molecule has 0 saturated carbocycles. The second-order valence-electron chi connectivity index (χ2n) is 2.71. The largest absolute Gasteiger partial charge is 0.305 e. The zero-order valence-corrected chi connectivity index (χ0v) is 7.61. The molecule has 0 aliphatic heterocycles. The van der Waals surface area contributed by atoms with Crippen molar-refractivity contribution < 1.29 is 18.0 Å². The molecule has 0 unspecified atom stereocenters. The van der Waals surface area contributed by atoms with Crippen molar-refractivity contribution in [2.75, 3.05) is 7.11 Å². The molecule has 0 aliphatic rings. The average Bonchev–Trinajstić information content (AvgIpc) is 2.20. The summed E-state index contributed by atoms with van der Waals surface area (Å²) in [7, 11) is 1.35. The molecule has 78 valence electrons.